The van der Waals surface area contributed by atoms with Crippen molar-refractivity contribution in [3.8, 4) is 6.19 Å². The van der Waals surface area contributed by atoms with Crippen LogP contribution < -0.4 is 4.57 Å². The average Bonchev–Trinajstić information content (AvgIpc) is 2.31. The van der Waals surface area contributed by atoms with Crippen molar-refractivity contribution < 1.29 is 17.7 Å². The molecule has 58 valence electrons. The SMILES string of the molecule is N#C[n+]1cc[nH]c1C(F)(F)F. The maximum Gasteiger partial charge on any atom is 0.479 e. The number of H-pyrrole nitrogens is 1. The topological polar surface area (TPSA) is 43.5 Å². The predicted octanol–water partition coefficient (Wildman–Crippen LogP) is 0.650. The molecule has 1 aromatic heterocycles. The van der Waals surface area contributed by atoms with Gasteiger partial charge in [0.25, 0.3) is 0 Å². The van der Waals surface area contributed by atoms with E-state index in [0.717, 1.165) is 12.4 Å². The van der Waals surface area contributed by atoms with Gasteiger partial charge in [-0.05, 0) is 0 Å². The third-order valence-electron chi connectivity index (χ3n) is 1.06. The van der Waals surface area contributed by atoms with E-state index in [2.05, 4.69) is 0 Å². The number of rotatable bonds is 0. The molecule has 0 bridgehead atoms. The molecule has 0 spiro atoms. The number of hydrogen-bond donors (Lipinski definition) is 1. The van der Waals surface area contributed by atoms with E-state index in [1.54, 1.807) is 0 Å². The number of aromatic nitrogens is 2. The molecule has 3 nitrogen and oxygen atoms in total. The smallest absolute Gasteiger partial charge is 0.272 e. The number of hydrogen-bond acceptors (Lipinski definition) is 1. The highest BCUT2D eigenvalue weighted by Crippen LogP contribution is 2.24. The number of halogens is 3. The summed E-state index contributed by atoms with van der Waals surface area (Å²) in [5, 5.41) is 8.16. The molecule has 11 heavy (non-hydrogen) atoms. The minimum atomic E-state index is -4.50. The van der Waals surface area contributed by atoms with Gasteiger partial charge in [0.1, 0.15) is 6.20 Å². The highest BCUT2D eigenvalue weighted by Gasteiger charge is 2.40. The van der Waals surface area contributed by atoms with Crippen LogP contribution >= 0.6 is 0 Å². The Balaban J connectivity index is 3.15. The monoisotopic (exact) mass is 162 g/mol. The van der Waals surface area contributed by atoms with Crippen LogP contribution in [0.15, 0.2) is 12.4 Å². The number of nitrogens with zero attached hydrogens (tertiary/aromatic N) is 2. The molecule has 0 aromatic carbocycles. The fourth-order valence-corrected chi connectivity index (χ4v) is 0.637. The molecule has 0 saturated heterocycles. The summed E-state index contributed by atoms with van der Waals surface area (Å²) in [6.45, 7) is 0. The second-order valence-corrected chi connectivity index (χ2v) is 1.78. The first-order valence-corrected chi connectivity index (χ1v) is 2.62. The van der Waals surface area contributed by atoms with Gasteiger partial charge >= 0.3 is 18.2 Å². The normalized spacial score (nSPS) is 11.1. The van der Waals surface area contributed by atoms with Gasteiger partial charge in [-0.15, -0.1) is 4.57 Å². The predicted molar refractivity (Wildman–Crippen MR) is 27.0 cm³/mol. The van der Waals surface area contributed by atoms with Crippen LogP contribution in [-0.2, 0) is 6.18 Å². The molecule has 0 radical (unpaired) electrons. The molecule has 1 heterocycles. The lowest BCUT2D eigenvalue weighted by Crippen LogP contribution is -2.35. The summed E-state index contributed by atoms with van der Waals surface area (Å²) in [6.07, 6.45) is -1.10. The van der Waals surface area contributed by atoms with Crippen molar-refractivity contribution in [3.05, 3.63) is 18.2 Å². The van der Waals surface area contributed by atoms with Gasteiger partial charge in [0, 0.05) is 5.26 Å². The maximum atomic E-state index is 11.9. The fraction of sp³-hybridized carbons (Fsp3) is 0.200. The second-order valence-electron chi connectivity index (χ2n) is 1.78. The van der Waals surface area contributed by atoms with Crippen molar-refractivity contribution >= 4 is 0 Å². The van der Waals surface area contributed by atoms with Crippen molar-refractivity contribution in [2.24, 2.45) is 0 Å². The molecule has 0 fully saturated rings. The van der Waals surface area contributed by atoms with Crippen molar-refractivity contribution in [2.45, 2.75) is 6.18 Å². The van der Waals surface area contributed by atoms with Gasteiger partial charge in [-0.3, -0.25) is 4.98 Å². The van der Waals surface area contributed by atoms with E-state index < -0.39 is 12.0 Å². The average molecular weight is 162 g/mol. The minimum Gasteiger partial charge on any atom is -0.272 e. The van der Waals surface area contributed by atoms with E-state index in [0.29, 0.717) is 4.57 Å². The summed E-state index contributed by atoms with van der Waals surface area (Å²) in [5.41, 5.74) is 0. The minimum absolute atomic E-state index is 0.417. The Hall–Kier alpha value is -1.51. The van der Waals surface area contributed by atoms with Gasteiger partial charge in [0.15, 0.2) is 0 Å². The number of nitriles is 1. The zero-order valence-corrected chi connectivity index (χ0v) is 5.18. The lowest BCUT2D eigenvalue weighted by atomic mass is 10.6. The van der Waals surface area contributed by atoms with E-state index in [1.807, 2.05) is 4.98 Å². The largest absolute Gasteiger partial charge is 0.479 e. The van der Waals surface area contributed by atoms with Crippen molar-refractivity contribution in [3.63, 3.8) is 0 Å². The van der Waals surface area contributed by atoms with Crippen LogP contribution in [0.3, 0.4) is 0 Å². The number of alkyl halides is 3. The lowest BCUT2D eigenvalue weighted by molar-refractivity contribution is -0.610. The van der Waals surface area contributed by atoms with E-state index in [1.165, 1.54) is 6.19 Å². The highest BCUT2D eigenvalue weighted by atomic mass is 19.4. The zero-order chi connectivity index (χ0) is 8.48. The first-order valence-electron chi connectivity index (χ1n) is 2.62. The molecule has 0 aliphatic carbocycles. The zero-order valence-electron chi connectivity index (χ0n) is 5.18. The van der Waals surface area contributed by atoms with Crippen LogP contribution in [0.2, 0.25) is 0 Å². The van der Waals surface area contributed by atoms with Crippen LogP contribution in [0.4, 0.5) is 13.2 Å². The molecule has 0 atom stereocenters. The summed E-state index contributed by atoms with van der Waals surface area (Å²) in [6, 6.07) is 0. The van der Waals surface area contributed by atoms with Crippen LogP contribution in [-0.4, -0.2) is 4.98 Å². The third-order valence-corrected chi connectivity index (χ3v) is 1.06. The van der Waals surface area contributed by atoms with Gasteiger partial charge < -0.3 is 0 Å². The van der Waals surface area contributed by atoms with Crippen LogP contribution in [0.25, 0.3) is 0 Å². The molecule has 0 unspecified atom stereocenters. The van der Waals surface area contributed by atoms with Gasteiger partial charge in [-0.2, -0.15) is 13.2 Å². The number of imidazole rings is 1. The molecule has 0 aliphatic heterocycles. The molecule has 6 heteroatoms. The van der Waals surface area contributed by atoms with E-state index in [9.17, 15) is 13.2 Å². The van der Waals surface area contributed by atoms with Gasteiger partial charge in [-0.1, -0.05) is 0 Å². The van der Waals surface area contributed by atoms with Gasteiger partial charge in [0.2, 0.25) is 0 Å². The maximum absolute atomic E-state index is 11.9. The van der Waals surface area contributed by atoms with Crippen LogP contribution in [0.1, 0.15) is 5.82 Å². The Labute approximate surface area is 59.7 Å². The van der Waals surface area contributed by atoms with Crippen molar-refractivity contribution in [1.29, 1.82) is 5.26 Å². The Morgan fingerprint density at radius 3 is 2.55 bits per heavy atom. The Kier molecular flexibility index (Phi) is 1.57. The quantitative estimate of drug-likeness (QED) is 0.559. The Morgan fingerprint density at radius 2 is 2.18 bits per heavy atom. The van der Waals surface area contributed by atoms with Crippen LogP contribution in [0.5, 0.6) is 0 Å². The molecular weight excluding hydrogens is 159 g/mol. The number of aromatic amines is 1. The van der Waals surface area contributed by atoms with Crippen LogP contribution in [0, 0.1) is 11.5 Å². The Bertz CT molecular complexity index is 293. The highest BCUT2D eigenvalue weighted by molar-refractivity contribution is 4.84. The van der Waals surface area contributed by atoms with E-state index in [4.69, 9.17) is 5.26 Å². The first-order chi connectivity index (χ1) is 5.05. The fourth-order valence-electron chi connectivity index (χ4n) is 0.637. The summed E-state index contributed by atoms with van der Waals surface area (Å²) >= 11 is 0. The van der Waals surface area contributed by atoms with Gasteiger partial charge in [-0.25, -0.2) is 0 Å². The van der Waals surface area contributed by atoms with E-state index in [-0.39, 0.29) is 0 Å². The molecule has 1 N–H and O–H groups in total. The molecule has 0 saturated carbocycles. The Morgan fingerprint density at radius 1 is 1.55 bits per heavy atom. The van der Waals surface area contributed by atoms with E-state index >= 15 is 0 Å². The lowest BCUT2D eigenvalue weighted by Gasteiger charge is -1.97. The number of nitrogens with one attached hydrogen (secondary N) is 1. The summed E-state index contributed by atoms with van der Waals surface area (Å²) in [4.78, 5) is 1.91. The van der Waals surface area contributed by atoms with Gasteiger partial charge in [0.05, 0.1) is 6.20 Å². The third kappa shape index (κ3) is 1.32. The molecule has 1 aromatic rings. The summed E-state index contributed by atoms with van der Waals surface area (Å²) in [7, 11) is 0. The van der Waals surface area contributed by atoms with Crippen molar-refractivity contribution in [2.75, 3.05) is 0 Å². The van der Waals surface area contributed by atoms with Crippen molar-refractivity contribution in [1.82, 2.24) is 4.98 Å². The first kappa shape index (κ1) is 7.60. The molecule has 0 amide bonds. The second kappa shape index (κ2) is 2.27. The standard InChI is InChI=1S/C5H2F3N3/c6-5(7,8)4-10-1-2-11(4)3-9/h1-2H/p+1. The molecule has 0 aliphatic rings. The molecular formula is C5H3F3N3+. The summed E-state index contributed by atoms with van der Waals surface area (Å²) in [5.74, 6) is -1.07. The molecule has 1 rings (SSSR count). The summed E-state index contributed by atoms with van der Waals surface area (Å²) < 4.78 is 36.0.